The molecule has 2 atom stereocenters. The maximum Gasteiger partial charge on any atom is 0.128 e. The predicted octanol–water partition coefficient (Wildman–Crippen LogP) is 4.07. The van der Waals surface area contributed by atoms with Crippen LogP contribution in [0.25, 0.3) is 0 Å². The predicted molar refractivity (Wildman–Crippen MR) is 88.7 cm³/mol. The van der Waals surface area contributed by atoms with Gasteiger partial charge in [0.15, 0.2) is 0 Å². The number of benzene rings is 1. The van der Waals surface area contributed by atoms with E-state index < -0.39 is 5.54 Å². The quantitative estimate of drug-likeness (QED) is 0.732. The molecule has 0 aliphatic carbocycles. The molecule has 2 N–H and O–H groups in total. The van der Waals surface area contributed by atoms with Crippen molar-refractivity contribution in [2.45, 2.75) is 52.1 Å². The summed E-state index contributed by atoms with van der Waals surface area (Å²) in [4.78, 5) is 2.31. The van der Waals surface area contributed by atoms with Crippen molar-refractivity contribution >= 4 is 0 Å². The van der Waals surface area contributed by atoms with Gasteiger partial charge in [-0.2, -0.15) is 0 Å². The van der Waals surface area contributed by atoms with Crippen molar-refractivity contribution in [3.63, 3.8) is 0 Å². The highest BCUT2D eigenvalue weighted by molar-refractivity contribution is 5.30. The molecule has 0 aliphatic rings. The number of likely N-dealkylation sites (N-methyl/N-ethyl adjacent to an activating group) is 1. The van der Waals surface area contributed by atoms with Crippen LogP contribution >= 0.6 is 0 Å². The minimum absolute atomic E-state index is 0.0844. The van der Waals surface area contributed by atoms with Gasteiger partial charge in [-0.15, -0.1) is 6.58 Å². The van der Waals surface area contributed by atoms with Crippen LogP contribution in [0, 0.1) is 5.82 Å². The second-order valence-corrected chi connectivity index (χ2v) is 5.80. The molecule has 1 rings (SSSR count). The van der Waals surface area contributed by atoms with Gasteiger partial charge in [0.05, 0.1) is 5.54 Å². The third kappa shape index (κ3) is 3.92. The molecule has 0 amide bonds. The number of hydrogen-bond donors (Lipinski definition) is 1. The van der Waals surface area contributed by atoms with Gasteiger partial charge < -0.3 is 5.73 Å². The first kappa shape index (κ1) is 17.9. The van der Waals surface area contributed by atoms with Gasteiger partial charge in [0.1, 0.15) is 5.82 Å². The van der Waals surface area contributed by atoms with Crippen LogP contribution in [0.5, 0.6) is 0 Å². The zero-order chi connectivity index (χ0) is 16.0. The van der Waals surface area contributed by atoms with Gasteiger partial charge in [-0.25, -0.2) is 4.39 Å². The molecule has 2 nitrogen and oxygen atoms in total. The molecule has 1 aromatic rings. The number of hydrogen-bond acceptors (Lipinski definition) is 2. The lowest BCUT2D eigenvalue weighted by atomic mass is 9.76. The van der Waals surface area contributed by atoms with Gasteiger partial charge in [-0.3, -0.25) is 4.90 Å². The van der Waals surface area contributed by atoms with E-state index in [1.54, 1.807) is 6.07 Å². The molecule has 1 aromatic carbocycles. The average Bonchev–Trinajstić information content (AvgIpc) is 2.43. The molecule has 0 saturated carbocycles. The van der Waals surface area contributed by atoms with E-state index in [0.29, 0.717) is 12.0 Å². The van der Waals surface area contributed by atoms with Gasteiger partial charge in [0, 0.05) is 11.6 Å². The first-order valence-electron chi connectivity index (χ1n) is 7.82. The van der Waals surface area contributed by atoms with E-state index >= 15 is 0 Å². The Hall–Kier alpha value is -1.19. The standard InChI is InChI=1S/C18H29FN2/c1-6-17(21(7-2)8-3)18(20,13-14(4)5)15-11-9-10-12-16(15)19/h9-12,17H,4,6-8,13,20H2,1-3,5H3. The molecule has 118 valence electrons. The molecule has 0 spiro atoms. The Morgan fingerprint density at radius 1 is 1.29 bits per heavy atom. The highest BCUT2D eigenvalue weighted by Gasteiger charge is 2.39. The monoisotopic (exact) mass is 292 g/mol. The van der Waals surface area contributed by atoms with Gasteiger partial charge >= 0.3 is 0 Å². The van der Waals surface area contributed by atoms with Crippen molar-refractivity contribution in [2.24, 2.45) is 5.73 Å². The molecule has 0 saturated heterocycles. The summed E-state index contributed by atoms with van der Waals surface area (Å²) in [5.41, 5.74) is 7.60. The van der Waals surface area contributed by atoms with E-state index in [2.05, 4.69) is 32.3 Å². The minimum Gasteiger partial charge on any atom is -0.320 e. The lowest BCUT2D eigenvalue weighted by molar-refractivity contribution is 0.121. The third-order valence-corrected chi connectivity index (χ3v) is 4.20. The Bertz CT molecular complexity index is 468. The van der Waals surface area contributed by atoms with Crippen LogP contribution in [0.3, 0.4) is 0 Å². The van der Waals surface area contributed by atoms with Crippen molar-refractivity contribution in [3.05, 3.63) is 47.8 Å². The number of nitrogens with two attached hydrogens (primary N) is 1. The third-order valence-electron chi connectivity index (χ3n) is 4.20. The van der Waals surface area contributed by atoms with E-state index in [1.807, 2.05) is 19.1 Å². The van der Waals surface area contributed by atoms with E-state index in [-0.39, 0.29) is 11.9 Å². The minimum atomic E-state index is -0.752. The summed E-state index contributed by atoms with van der Waals surface area (Å²) in [6.07, 6.45) is 1.46. The van der Waals surface area contributed by atoms with E-state index in [0.717, 1.165) is 25.1 Å². The average molecular weight is 292 g/mol. The molecule has 21 heavy (non-hydrogen) atoms. The van der Waals surface area contributed by atoms with Crippen LogP contribution < -0.4 is 5.73 Å². The molecule has 0 fully saturated rings. The lowest BCUT2D eigenvalue weighted by Gasteiger charge is -2.44. The Morgan fingerprint density at radius 3 is 2.29 bits per heavy atom. The maximum absolute atomic E-state index is 14.4. The van der Waals surface area contributed by atoms with E-state index in [9.17, 15) is 4.39 Å². The molecule has 0 heterocycles. The van der Waals surface area contributed by atoms with Gasteiger partial charge in [-0.05, 0) is 38.9 Å². The summed E-state index contributed by atoms with van der Waals surface area (Å²) in [7, 11) is 0. The summed E-state index contributed by atoms with van der Waals surface area (Å²) >= 11 is 0. The molecule has 3 heteroatoms. The Balaban J connectivity index is 3.37. The van der Waals surface area contributed by atoms with E-state index in [4.69, 9.17) is 5.73 Å². The van der Waals surface area contributed by atoms with Crippen LogP contribution in [0.4, 0.5) is 4.39 Å². The Labute approximate surface area is 128 Å². The lowest BCUT2D eigenvalue weighted by Crippen LogP contribution is -2.56. The Morgan fingerprint density at radius 2 is 1.86 bits per heavy atom. The summed E-state index contributed by atoms with van der Waals surface area (Å²) < 4.78 is 14.4. The summed E-state index contributed by atoms with van der Waals surface area (Å²) in [6, 6.07) is 6.95. The molecule has 0 radical (unpaired) electrons. The smallest absolute Gasteiger partial charge is 0.128 e. The van der Waals surface area contributed by atoms with Crippen molar-refractivity contribution in [1.82, 2.24) is 4.90 Å². The number of halogens is 1. The normalized spacial score (nSPS) is 15.8. The van der Waals surface area contributed by atoms with Gasteiger partial charge in [-0.1, -0.05) is 44.5 Å². The van der Waals surface area contributed by atoms with Crippen LogP contribution in [0.2, 0.25) is 0 Å². The highest BCUT2D eigenvalue weighted by Crippen LogP contribution is 2.35. The zero-order valence-electron chi connectivity index (χ0n) is 13.8. The van der Waals surface area contributed by atoms with Crippen molar-refractivity contribution < 1.29 is 4.39 Å². The number of nitrogens with zero attached hydrogens (tertiary/aromatic N) is 1. The zero-order valence-corrected chi connectivity index (χ0v) is 13.8. The van der Waals surface area contributed by atoms with Crippen LogP contribution in [0.15, 0.2) is 36.4 Å². The fourth-order valence-electron chi connectivity index (χ4n) is 3.34. The van der Waals surface area contributed by atoms with Crippen LogP contribution in [-0.2, 0) is 5.54 Å². The molecular weight excluding hydrogens is 263 g/mol. The SMILES string of the molecule is C=C(C)CC(N)(c1ccccc1F)C(CC)N(CC)CC. The fourth-order valence-corrected chi connectivity index (χ4v) is 3.34. The highest BCUT2D eigenvalue weighted by atomic mass is 19.1. The van der Waals surface area contributed by atoms with Crippen molar-refractivity contribution in [3.8, 4) is 0 Å². The molecule has 0 aromatic heterocycles. The summed E-state index contributed by atoms with van der Waals surface area (Å²) in [5, 5.41) is 0. The summed E-state index contributed by atoms with van der Waals surface area (Å²) in [5.74, 6) is -0.230. The first-order chi connectivity index (χ1) is 9.90. The largest absolute Gasteiger partial charge is 0.320 e. The van der Waals surface area contributed by atoms with Crippen molar-refractivity contribution in [1.29, 1.82) is 0 Å². The molecule has 0 bridgehead atoms. The van der Waals surface area contributed by atoms with E-state index in [1.165, 1.54) is 6.07 Å². The van der Waals surface area contributed by atoms with Crippen molar-refractivity contribution in [2.75, 3.05) is 13.1 Å². The molecular formula is C18H29FN2. The van der Waals surface area contributed by atoms with Gasteiger partial charge in [0.25, 0.3) is 0 Å². The van der Waals surface area contributed by atoms with Crippen LogP contribution in [0.1, 0.15) is 46.1 Å². The van der Waals surface area contributed by atoms with Gasteiger partial charge in [0.2, 0.25) is 0 Å². The summed E-state index contributed by atoms with van der Waals surface area (Å²) in [6.45, 7) is 14.1. The second kappa shape index (κ2) is 7.71. The topological polar surface area (TPSA) is 29.3 Å². The second-order valence-electron chi connectivity index (χ2n) is 5.80. The number of rotatable bonds is 8. The Kier molecular flexibility index (Phi) is 6.56. The van der Waals surface area contributed by atoms with Crippen LogP contribution in [-0.4, -0.2) is 24.0 Å². The maximum atomic E-state index is 14.4. The molecule has 0 aliphatic heterocycles. The molecule has 2 unspecified atom stereocenters. The fraction of sp³-hybridized carbons (Fsp3) is 0.556. The first-order valence-corrected chi connectivity index (χ1v) is 7.82.